The van der Waals surface area contributed by atoms with E-state index in [4.69, 9.17) is 11.6 Å². The molecule has 0 unspecified atom stereocenters. The molecule has 1 aliphatic heterocycles. The number of nitrogens with one attached hydrogen (secondary N) is 2. The van der Waals surface area contributed by atoms with Gasteiger partial charge in [-0.15, -0.1) is 10.2 Å². The first kappa shape index (κ1) is 19.4. The highest BCUT2D eigenvalue weighted by molar-refractivity contribution is 7.15. The SMILES string of the molecule is Cc1nnc(NC(=O)[C@@H](C)NC(=O)N2CCN(c3cccc(Cl)c3)CC2)s1. The van der Waals surface area contributed by atoms with E-state index in [1.165, 1.54) is 11.3 Å². The molecule has 27 heavy (non-hydrogen) atoms. The van der Waals surface area contributed by atoms with Crippen LogP contribution in [-0.4, -0.2) is 59.3 Å². The summed E-state index contributed by atoms with van der Waals surface area (Å²) in [6.45, 7) is 6.01. The molecule has 3 amide bonds. The average Bonchev–Trinajstić information content (AvgIpc) is 3.06. The molecule has 10 heteroatoms. The summed E-state index contributed by atoms with van der Waals surface area (Å²) in [7, 11) is 0. The molecular weight excluding hydrogens is 388 g/mol. The van der Waals surface area contributed by atoms with Crippen molar-refractivity contribution in [2.45, 2.75) is 19.9 Å². The molecule has 0 bridgehead atoms. The van der Waals surface area contributed by atoms with E-state index in [1.54, 1.807) is 11.8 Å². The van der Waals surface area contributed by atoms with E-state index >= 15 is 0 Å². The third kappa shape index (κ3) is 5.08. The highest BCUT2D eigenvalue weighted by Crippen LogP contribution is 2.20. The summed E-state index contributed by atoms with van der Waals surface area (Å²) in [5, 5.41) is 15.0. The number of anilines is 2. The van der Waals surface area contributed by atoms with Crippen molar-refractivity contribution >= 4 is 45.7 Å². The molecule has 0 radical (unpaired) electrons. The number of halogens is 1. The lowest BCUT2D eigenvalue weighted by molar-refractivity contribution is -0.117. The quantitative estimate of drug-likeness (QED) is 0.810. The Kier molecular flexibility index (Phi) is 6.12. The molecule has 144 valence electrons. The molecule has 0 aliphatic carbocycles. The van der Waals surface area contributed by atoms with Crippen LogP contribution in [0.15, 0.2) is 24.3 Å². The van der Waals surface area contributed by atoms with Crippen LogP contribution in [0.4, 0.5) is 15.6 Å². The van der Waals surface area contributed by atoms with Gasteiger partial charge < -0.3 is 15.1 Å². The summed E-state index contributed by atoms with van der Waals surface area (Å²) in [5.41, 5.74) is 1.04. The number of rotatable bonds is 4. The number of aromatic nitrogens is 2. The first-order valence-corrected chi connectivity index (χ1v) is 9.79. The van der Waals surface area contributed by atoms with Crippen LogP contribution in [0.5, 0.6) is 0 Å². The summed E-state index contributed by atoms with van der Waals surface area (Å²) < 4.78 is 0. The van der Waals surface area contributed by atoms with Crippen molar-refractivity contribution in [2.24, 2.45) is 0 Å². The molecule has 2 aromatic rings. The Labute approximate surface area is 166 Å². The number of nitrogens with zero attached hydrogens (tertiary/aromatic N) is 4. The maximum atomic E-state index is 12.4. The van der Waals surface area contributed by atoms with Crippen LogP contribution in [0.3, 0.4) is 0 Å². The van der Waals surface area contributed by atoms with Crippen molar-refractivity contribution in [3.8, 4) is 0 Å². The predicted molar refractivity (Wildman–Crippen MR) is 107 cm³/mol. The van der Waals surface area contributed by atoms with Gasteiger partial charge in [0.2, 0.25) is 11.0 Å². The lowest BCUT2D eigenvalue weighted by atomic mass is 10.2. The van der Waals surface area contributed by atoms with Gasteiger partial charge in [-0.25, -0.2) is 4.79 Å². The zero-order chi connectivity index (χ0) is 19.4. The van der Waals surface area contributed by atoms with Crippen molar-refractivity contribution in [1.82, 2.24) is 20.4 Å². The molecule has 2 heterocycles. The third-order valence-electron chi connectivity index (χ3n) is 4.23. The number of carbonyl (C=O) groups is 2. The van der Waals surface area contributed by atoms with Crippen LogP contribution in [-0.2, 0) is 4.79 Å². The fourth-order valence-electron chi connectivity index (χ4n) is 2.74. The van der Waals surface area contributed by atoms with Crippen molar-refractivity contribution < 1.29 is 9.59 Å². The van der Waals surface area contributed by atoms with Gasteiger partial charge >= 0.3 is 6.03 Å². The number of benzene rings is 1. The number of hydrogen-bond acceptors (Lipinski definition) is 6. The highest BCUT2D eigenvalue weighted by atomic mass is 35.5. The first-order valence-electron chi connectivity index (χ1n) is 8.59. The maximum Gasteiger partial charge on any atom is 0.318 e. The van der Waals surface area contributed by atoms with E-state index in [9.17, 15) is 9.59 Å². The number of piperazine rings is 1. The van der Waals surface area contributed by atoms with Crippen LogP contribution in [0.2, 0.25) is 5.02 Å². The molecule has 1 aromatic heterocycles. The van der Waals surface area contributed by atoms with Crippen molar-refractivity contribution in [3.63, 3.8) is 0 Å². The summed E-state index contributed by atoms with van der Waals surface area (Å²) in [4.78, 5) is 28.5. The highest BCUT2D eigenvalue weighted by Gasteiger charge is 2.24. The predicted octanol–water partition coefficient (Wildman–Crippen LogP) is 2.36. The average molecular weight is 409 g/mol. The minimum Gasteiger partial charge on any atom is -0.368 e. The molecule has 1 aliphatic rings. The lowest BCUT2D eigenvalue weighted by Gasteiger charge is -2.36. The number of carbonyl (C=O) groups excluding carboxylic acids is 2. The van der Waals surface area contributed by atoms with E-state index in [0.29, 0.717) is 36.3 Å². The molecule has 1 atom stereocenters. The van der Waals surface area contributed by atoms with Crippen molar-refractivity contribution in [3.05, 3.63) is 34.3 Å². The standard InChI is InChI=1S/C17H21ClN6O2S/c1-11(15(25)20-16-22-21-12(2)27-16)19-17(26)24-8-6-23(7-9-24)14-5-3-4-13(18)10-14/h3-5,10-11H,6-9H2,1-2H3,(H,19,26)(H,20,22,25)/t11-/m1/s1. The summed E-state index contributed by atoms with van der Waals surface area (Å²) in [5.74, 6) is -0.322. The zero-order valence-corrected chi connectivity index (χ0v) is 16.7. The van der Waals surface area contributed by atoms with Crippen LogP contribution in [0.25, 0.3) is 0 Å². The minimum atomic E-state index is -0.673. The normalized spacial score (nSPS) is 15.4. The molecule has 1 aromatic carbocycles. The van der Waals surface area contributed by atoms with Gasteiger partial charge in [0.05, 0.1) is 0 Å². The van der Waals surface area contributed by atoms with Crippen LogP contribution in [0.1, 0.15) is 11.9 Å². The van der Waals surface area contributed by atoms with Gasteiger partial charge in [0.25, 0.3) is 0 Å². The minimum absolute atomic E-state index is 0.253. The Hall–Kier alpha value is -2.39. The molecule has 0 spiro atoms. The molecule has 1 saturated heterocycles. The molecule has 3 rings (SSSR count). The summed E-state index contributed by atoms with van der Waals surface area (Å²) in [6, 6.07) is 6.74. The molecule has 2 N–H and O–H groups in total. The van der Waals surface area contributed by atoms with Gasteiger partial charge in [-0.2, -0.15) is 0 Å². The lowest BCUT2D eigenvalue weighted by Crippen LogP contribution is -2.54. The maximum absolute atomic E-state index is 12.4. The Morgan fingerprint density at radius 2 is 1.96 bits per heavy atom. The largest absolute Gasteiger partial charge is 0.368 e. The zero-order valence-electron chi connectivity index (χ0n) is 15.1. The Bertz CT molecular complexity index is 821. The van der Waals surface area contributed by atoms with E-state index in [-0.39, 0.29) is 11.9 Å². The van der Waals surface area contributed by atoms with Gasteiger partial charge in [-0.1, -0.05) is 29.0 Å². The van der Waals surface area contributed by atoms with Gasteiger partial charge in [-0.3, -0.25) is 10.1 Å². The monoisotopic (exact) mass is 408 g/mol. The second-order valence-corrected chi connectivity index (χ2v) is 7.86. The summed E-state index contributed by atoms with van der Waals surface area (Å²) >= 11 is 7.33. The third-order valence-corrected chi connectivity index (χ3v) is 5.22. The number of aryl methyl sites for hydroxylation is 1. The number of hydrogen-bond donors (Lipinski definition) is 2. The summed E-state index contributed by atoms with van der Waals surface area (Å²) in [6.07, 6.45) is 0. The second-order valence-electron chi connectivity index (χ2n) is 6.24. The van der Waals surface area contributed by atoms with Gasteiger partial charge in [0.1, 0.15) is 11.0 Å². The van der Waals surface area contributed by atoms with Crippen LogP contribution >= 0.6 is 22.9 Å². The van der Waals surface area contributed by atoms with Crippen LogP contribution in [0, 0.1) is 6.92 Å². The molecular formula is C17H21ClN6O2S. The van der Waals surface area contributed by atoms with Crippen LogP contribution < -0.4 is 15.5 Å². The molecule has 8 nitrogen and oxygen atoms in total. The number of urea groups is 1. The Morgan fingerprint density at radius 3 is 2.59 bits per heavy atom. The first-order chi connectivity index (χ1) is 12.9. The van der Waals surface area contributed by atoms with Crippen molar-refractivity contribution in [2.75, 3.05) is 36.4 Å². The van der Waals surface area contributed by atoms with E-state index in [2.05, 4.69) is 25.7 Å². The van der Waals surface area contributed by atoms with E-state index < -0.39 is 6.04 Å². The van der Waals surface area contributed by atoms with Gasteiger partial charge in [0.15, 0.2) is 0 Å². The van der Waals surface area contributed by atoms with Gasteiger partial charge in [-0.05, 0) is 32.0 Å². The van der Waals surface area contributed by atoms with E-state index in [0.717, 1.165) is 10.7 Å². The van der Waals surface area contributed by atoms with Gasteiger partial charge in [0, 0.05) is 36.9 Å². The molecule has 1 fully saturated rings. The fourth-order valence-corrected chi connectivity index (χ4v) is 3.52. The van der Waals surface area contributed by atoms with E-state index in [1.807, 2.05) is 31.2 Å². The van der Waals surface area contributed by atoms with Crippen molar-refractivity contribution in [1.29, 1.82) is 0 Å². The fraction of sp³-hybridized carbons (Fsp3) is 0.412. The topological polar surface area (TPSA) is 90.5 Å². The Balaban J connectivity index is 1.48. The second kappa shape index (κ2) is 8.53. The number of amides is 3. The molecule has 0 saturated carbocycles. The smallest absolute Gasteiger partial charge is 0.318 e. The Morgan fingerprint density at radius 1 is 1.22 bits per heavy atom.